The largest absolute Gasteiger partial charge is 0.380 e. The predicted octanol–water partition coefficient (Wildman–Crippen LogP) is 4.63. The molecule has 5 heteroatoms. The van der Waals surface area contributed by atoms with Crippen molar-refractivity contribution in [2.45, 2.75) is 11.0 Å². The number of hydrogen-bond acceptors (Lipinski definition) is 3. The summed E-state index contributed by atoms with van der Waals surface area (Å²) in [6.07, 6.45) is 0.635. The highest BCUT2D eigenvalue weighted by atomic mass is 35.5. The third-order valence-corrected chi connectivity index (χ3v) is 4.42. The second kappa shape index (κ2) is 6.64. The van der Waals surface area contributed by atoms with Gasteiger partial charge in [-0.3, -0.25) is 4.79 Å². The Hall–Kier alpha value is -1.000. The van der Waals surface area contributed by atoms with Crippen molar-refractivity contribution >= 4 is 40.7 Å². The summed E-state index contributed by atoms with van der Waals surface area (Å²) in [7, 11) is 0. The summed E-state index contributed by atoms with van der Waals surface area (Å²) < 4.78 is 0. The first kappa shape index (κ1) is 15.4. The minimum Gasteiger partial charge on any atom is -0.380 e. The van der Waals surface area contributed by atoms with Crippen LogP contribution in [0.15, 0.2) is 47.4 Å². The maximum atomic E-state index is 12.4. The minimum atomic E-state index is -1.25. The van der Waals surface area contributed by atoms with Gasteiger partial charge in [0, 0.05) is 10.5 Å². The van der Waals surface area contributed by atoms with E-state index in [1.165, 1.54) is 17.8 Å². The Morgan fingerprint density at radius 1 is 1.15 bits per heavy atom. The van der Waals surface area contributed by atoms with Crippen LogP contribution in [0.4, 0.5) is 0 Å². The summed E-state index contributed by atoms with van der Waals surface area (Å²) in [4.78, 5) is 13.2. The molecule has 1 unspecified atom stereocenters. The summed E-state index contributed by atoms with van der Waals surface area (Å²) >= 11 is 13.2. The zero-order valence-electron chi connectivity index (χ0n) is 10.6. The van der Waals surface area contributed by atoms with Gasteiger partial charge in [-0.25, -0.2) is 0 Å². The van der Waals surface area contributed by atoms with Crippen molar-refractivity contribution in [3.05, 3.63) is 63.6 Å². The molecule has 0 aliphatic rings. The monoisotopic (exact) mass is 326 g/mol. The van der Waals surface area contributed by atoms with Crippen LogP contribution in [0.25, 0.3) is 0 Å². The van der Waals surface area contributed by atoms with Crippen molar-refractivity contribution in [2.24, 2.45) is 0 Å². The number of rotatable bonds is 4. The van der Waals surface area contributed by atoms with Gasteiger partial charge >= 0.3 is 0 Å². The van der Waals surface area contributed by atoms with Crippen LogP contribution in [0, 0.1) is 0 Å². The highest BCUT2D eigenvalue weighted by molar-refractivity contribution is 7.98. The zero-order valence-corrected chi connectivity index (χ0v) is 13.0. The molecule has 2 aromatic carbocycles. The van der Waals surface area contributed by atoms with E-state index >= 15 is 0 Å². The first-order chi connectivity index (χ1) is 9.54. The van der Waals surface area contributed by atoms with Gasteiger partial charge in [-0.1, -0.05) is 47.5 Å². The highest BCUT2D eigenvalue weighted by Gasteiger charge is 2.22. The van der Waals surface area contributed by atoms with Crippen LogP contribution in [-0.4, -0.2) is 17.1 Å². The number of aliphatic hydroxyl groups excluding tert-OH is 1. The van der Waals surface area contributed by atoms with Crippen molar-refractivity contribution in [1.29, 1.82) is 0 Å². The molecule has 0 aromatic heterocycles. The minimum absolute atomic E-state index is 0.314. The number of carbonyl (C=O) groups is 1. The van der Waals surface area contributed by atoms with Crippen LogP contribution in [0.1, 0.15) is 22.0 Å². The Morgan fingerprint density at radius 3 is 2.50 bits per heavy atom. The van der Waals surface area contributed by atoms with Gasteiger partial charge in [-0.15, -0.1) is 11.8 Å². The fourth-order valence-corrected chi connectivity index (χ4v) is 2.74. The van der Waals surface area contributed by atoms with Crippen LogP contribution in [-0.2, 0) is 0 Å². The molecule has 0 aliphatic carbocycles. The maximum absolute atomic E-state index is 12.4. The van der Waals surface area contributed by atoms with Crippen molar-refractivity contribution in [3.8, 4) is 0 Å². The van der Waals surface area contributed by atoms with Crippen molar-refractivity contribution in [2.75, 3.05) is 6.26 Å². The van der Waals surface area contributed by atoms with Crippen LogP contribution < -0.4 is 0 Å². The number of hydrogen-bond donors (Lipinski definition) is 1. The smallest absolute Gasteiger partial charge is 0.196 e. The zero-order chi connectivity index (χ0) is 14.7. The standard InChI is InChI=1S/C15H12Cl2O2S/c1-20-13-5-3-2-4-10(13)15(19)14(18)9-6-7-11(16)12(17)8-9/h2-8,14,18H,1H3. The third kappa shape index (κ3) is 3.18. The van der Waals surface area contributed by atoms with E-state index in [9.17, 15) is 9.90 Å². The lowest BCUT2D eigenvalue weighted by molar-refractivity contribution is 0.0744. The summed E-state index contributed by atoms with van der Waals surface area (Å²) in [5, 5.41) is 10.9. The second-order valence-electron chi connectivity index (χ2n) is 4.14. The van der Waals surface area contributed by atoms with E-state index in [1.54, 1.807) is 24.3 Å². The number of aliphatic hydroxyl groups is 1. The highest BCUT2D eigenvalue weighted by Crippen LogP contribution is 2.29. The van der Waals surface area contributed by atoms with Gasteiger partial charge in [0.05, 0.1) is 10.0 Å². The molecule has 0 spiro atoms. The van der Waals surface area contributed by atoms with Crippen molar-refractivity contribution < 1.29 is 9.90 Å². The van der Waals surface area contributed by atoms with Crippen LogP contribution >= 0.6 is 35.0 Å². The molecule has 20 heavy (non-hydrogen) atoms. The number of benzene rings is 2. The maximum Gasteiger partial charge on any atom is 0.196 e. The molecule has 0 amide bonds. The Bertz CT molecular complexity index is 644. The number of halogens is 2. The molecule has 1 N–H and O–H groups in total. The van der Waals surface area contributed by atoms with Crippen molar-refractivity contribution in [1.82, 2.24) is 0 Å². The van der Waals surface area contributed by atoms with Gasteiger partial charge in [-0.2, -0.15) is 0 Å². The molecule has 0 fully saturated rings. The molecule has 104 valence electrons. The van der Waals surface area contributed by atoms with E-state index in [2.05, 4.69) is 0 Å². The molecule has 2 nitrogen and oxygen atoms in total. The lowest BCUT2D eigenvalue weighted by Crippen LogP contribution is -2.13. The van der Waals surface area contributed by atoms with E-state index in [0.717, 1.165) is 4.90 Å². The first-order valence-electron chi connectivity index (χ1n) is 5.85. The number of carbonyl (C=O) groups excluding carboxylic acids is 1. The first-order valence-corrected chi connectivity index (χ1v) is 7.83. The number of thioether (sulfide) groups is 1. The van der Waals surface area contributed by atoms with Gasteiger partial charge in [0.15, 0.2) is 5.78 Å². The molecule has 1 atom stereocenters. The van der Waals surface area contributed by atoms with E-state index in [4.69, 9.17) is 23.2 Å². The number of Topliss-reactive ketones (excluding diaryl/α,β-unsaturated/α-hetero) is 1. The average Bonchev–Trinajstić information content (AvgIpc) is 2.48. The van der Waals surface area contributed by atoms with Gasteiger partial charge < -0.3 is 5.11 Å². The van der Waals surface area contributed by atoms with Crippen LogP contribution in [0.5, 0.6) is 0 Å². The van der Waals surface area contributed by atoms with E-state index < -0.39 is 6.10 Å². The molecule has 0 bridgehead atoms. The lowest BCUT2D eigenvalue weighted by Gasteiger charge is -2.13. The molecular formula is C15H12Cl2O2S. The molecule has 0 heterocycles. The average molecular weight is 327 g/mol. The summed E-state index contributed by atoms with van der Waals surface area (Å²) in [5.41, 5.74) is 0.930. The van der Waals surface area contributed by atoms with E-state index in [1.807, 2.05) is 18.4 Å². The Kier molecular flexibility index (Phi) is 5.11. The van der Waals surface area contributed by atoms with Crippen molar-refractivity contribution in [3.63, 3.8) is 0 Å². The van der Waals surface area contributed by atoms with Gasteiger partial charge in [0.1, 0.15) is 6.10 Å². The molecule has 0 aliphatic heterocycles. The fraction of sp³-hybridized carbons (Fsp3) is 0.133. The van der Waals surface area contributed by atoms with Crippen LogP contribution in [0.2, 0.25) is 10.0 Å². The Morgan fingerprint density at radius 2 is 1.85 bits per heavy atom. The Labute approximate surface area is 131 Å². The second-order valence-corrected chi connectivity index (χ2v) is 5.80. The van der Waals surface area contributed by atoms with Gasteiger partial charge in [-0.05, 0) is 30.0 Å². The van der Waals surface area contributed by atoms with E-state index in [-0.39, 0.29) is 5.78 Å². The summed E-state index contributed by atoms with van der Waals surface area (Å²) in [6.45, 7) is 0. The molecule has 0 saturated carbocycles. The van der Waals surface area contributed by atoms with Gasteiger partial charge in [0.25, 0.3) is 0 Å². The molecular weight excluding hydrogens is 315 g/mol. The van der Waals surface area contributed by atoms with E-state index in [0.29, 0.717) is 21.2 Å². The third-order valence-electron chi connectivity index (χ3n) is 2.88. The topological polar surface area (TPSA) is 37.3 Å². The SMILES string of the molecule is CSc1ccccc1C(=O)C(O)c1ccc(Cl)c(Cl)c1. The normalized spacial score (nSPS) is 12.2. The molecule has 0 saturated heterocycles. The molecule has 0 radical (unpaired) electrons. The summed E-state index contributed by atoms with van der Waals surface area (Å²) in [5.74, 6) is -0.353. The van der Waals surface area contributed by atoms with Crippen LogP contribution in [0.3, 0.4) is 0 Å². The summed E-state index contributed by atoms with van der Waals surface area (Å²) in [6, 6.07) is 11.8. The predicted molar refractivity (Wildman–Crippen MR) is 84.0 cm³/mol. The number of ketones is 1. The molecule has 2 rings (SSSR count). The lowest BCUT2D eigenvalue weighted by atomic mass is 10.00. The molecule has 2 aromatic rings. The quantitative estimate of drug-likeness (QED) is 0.657. The van der Waals surface area contributed by atoms with Gasteiger partial charge in [0.2, 0.25) is 0 Å². The Balaban J connectivity index is 2.34. The fourth-order valence-electron chi connectivity index (χ4n) is 1.83.